The van der Waals surface area contributed by atoms with Gasteiger partial charge in [-0.2, -0.15) is 16.4 Å². The lowest BCUT2D eigenvalue weighted by molar-refractivity contribution is 0.0383. The summed E-state index contributed by atoms with van der Waals surface area (Å²) in [7, 11) is 0. The largest absolute Gasteiger partial charge is 0.370 e. The summed E-state index contributed by atoms with van der Waals surface area (Å²) in [6.07, 6.45) is 5.58. The molecule has 2 aromatic heterocycles. The Kier molecular flexibility index (Phi) is 3.72. The molecule has 0 radical (unpaired) electrons. The molecule has 22 heavy (non-hydrogen) atoms. The topological polar surface area (TPSA) is 56.1 Å². The van der Waals surface area contributed by atoms with Gasteiger partial charge >= 0.3 is 0 Å². The summed E-state index contributed by atoms with van der Waals surface area (Å²) in [5.41, 5.74) is 2.97. The van der Waals surface area contributed by atoms with Crippen LogP contribution in [0.25, 0.3) is 0 Å². The van der Waals surface area contributed by atoms with E-state index >= 15 is 0 Å². The Hall–Kier alpha value is -1.66. The number of nitrogens with one attached hydrogen (secondary N) is 1. The first kappa shape index (κ1) is 14.0. The number of thiophene rings is 1. The van der Waals surface area contributed by atoms with Crippen LogP contribution in [0.15, 0.2) is 23.0 Å². The van der Waals surface area contributed by atoms with E-state index in [1.165, 1.54) is 29.7 Å². The molecule has 0 unspecified atom stereocenters. The fourth-order valence-electron chi connectivity index (χ4n) is 2.83. The molecule has 1 aliphatic carbocycles. The summed E-state index contributed by atoms with van der Waals surface area (Å²) in [6.45, 7) is 2.18. The summed E-state index contributed by atoms with van der Waals surface area (Å²) in [4.78, 5) is 12.0. The van der Waals surface area contributed by atoms with E-state index in [4.69, 9.17) is 9.84 Å². The number of aromatic nitrogens is 2. The monoisotopic (exact) mass is 317 g/mol. The molecule has 1 aliphatic heterocycles. The Labute approximate surface area is 133 Å². The molecule has 5 nitrogen and oxygen atoms in total. The van der Waals surface area contributed by atoms with E-state index in [9.17, 15) is 4.79 Å². The van der Waals surface area contributed by atoms with Crippen molar-refractivity contribution in [3.05, 3.63) is 39.8 Å². The first-order chi connectivity index (χ1) is 10.8. The maximum atomic E-state index is 12.0. The van der Waals surface area contributed by atoms with E-state index < -0.39 is 0 Å². The van der Waals surface area contributed by atoms with Gasteiger partial charge in [-0.1, -0.05) is 0 Å². The molecule has 1 saturated carbocycles. The van der Waals surface area contributed by atoms with Gasteiger partial charge < -0.3 is 10.1 Å². The van der Waals surface area contributed by atoms with Gasteiger partial charge in [0.1, 0.15) is 6.10 Å². The van der Waals surface area contributed by atoms with Crippen LogP contribution in [0.1, 0.15) is 40.6 Å². The quantitative estimate of drug-likeness (QED) is 0.921. The molecule has 3 heterocycles. The molecule has 6 heteroatoms. The Morgan fingerprint density at radius 2 is 2.41 bits per heavy atom. The third-order valence-electron chi connectivity index (χ3n) is 4.24. The minimum Gasteiger partial charge on any atom is -0.370 e. The molecule has 1 atom stereocenters. The van der Waals surface area contributed by atoms with Gasteiger partial charge in [0, 0.05) is 30.2 Å². The van der Waals surface area contributed by atoms with E-state index in [2.05, 4.69) is 16.2 Å². The molecular formula is C16H19N3O2S. The van der Waals surface area contributed by atoms with Gasteiger partial charge in [-0.25, -0.2) is 0 Å². The Morgan fingerprint density at radius 1 is 1.50 bits per heavy atom. The number of fused-ring (bicyclic) bond motifs is 1. The van der Waals surface area contributed by atoms with Crippen molar-refractivity contribution in [2.75, 3.05) is 13.2 Å². The molecule has 0 spiro atoms. The summed E-state index contributed by atoms with van der Waals surface area (Å²) in [6, 6.07) is 1.83. The van der Waals surface area contributed by atoms with E-state index in [0.717, 1.165) is 24.6 Å². The number of hydrogen-bond acceptors (Lipinski definition) is 4. The molecule has 0 aromatic carbocycles. The van der Waals surface area contributed by atoms with Gasteiger partial charge in [-0.05, 0) is 42.2 Å². The molecule has 2 aromatic rings. The van der Waals surface area contributed by atoms with Crippen molar-refractivity contribution in [1.82, 2.24) is 15.1 Å². The molecule has 0 saturated heterocycles. The number of rotatable bonds is 5. The average molecular weight is 317 g/mol. The molecule has 2 aliphatic rings. The minimum absolute atomic E-state index is 0.0469. The van der Waals surface area contributed by atoms with Crippen LogP contribution in [-0.2, 0) is 17.7 Å². The Morgan fingerprint density at radius 3 is 3.18 bits per heavy atom. The molecule has 116 valence electrons. The maximum Gasteiger partial charge on any atom is 0.252 e. The number of nitrogens with zero attached hydrogens (tertiary/aromatic N) is 2. The van der Waals surface area contributed by atoms with Gasteiger partial charge in [0.15, 0.2) is 0 Å². The van der Waals surface area contributed by atoms with Gasteiger partial charge in [0.05, 0.1) is 12.3 Å². The summed E-state index contributed by atoms with van der Waals surface area (Å²) >= 11 is 1.53. The predicted octanol–water partition coefficient (Wildman–Crippen LogP) is 2.40. The van der Waals surface area contributed by atoms with Gasteiger partial charge in [0.25, 0.3) is 5.91 Å². The zero-order chi connectivity index (χ0) is 14.9. The molecular weight excluding hydrogens is 298 g/mol. The lowest BCUT2D eigenvalue weighted by atomic mass is 10.1. The van der Waals surface area contributed by atoms with Crippen LogP contribution in [0.5, 0.6) is 0 Å². The van der Waals surface area contributed by atoms with Gasteiger partial charge in [-0.15, -0.1) is 0 Å². The number of carbonyl (C=O) groups excluding carboxylic acids is 1. The number of amides is 1. The van der Waals surface area contributed by atoms with E-state index in [1.807, 2.05) is 16.8 Å². The fourth-order valence-corrected chi connectivity index (χ4v) is 3.46. The minimum atomic E-state index is -0.133. The van der Waals surface area contributed by atoms with Crippen molar-refractivity contribution in [2.45, 2.75) is 31.9 Å². The highest BCUT2D eigenvalue weighted by molar-refractivity contribution is 7.08. The second-order valence-corrected chi connectivity index (χ2v) is 6.82. The van der Waals surface area contributed by atoms with E-state index in [0.29, 0.717) is 18.7 Å². The van der Waals surface area contributed by atoms with Crippen LogP contribution in [-0.4, -0.2) is 28.8 Å². The van der Waals surface area contributed by atoms with E-state index in [1.54, 1.807) is 0 Å². The van der Waals surface area contributed by atoms with Crippen LogP contribution in [0, 0.1) is 5.92 Å². The van der Waals surface area contributed by atoms with Crippen molar-refractivity contribution >= 4 is 17.2 Å². The Bertz CT molecular complexity index is 661. The Balaban J connectivity index is 1.42. The zero-order valence-corrected chi connectivity index (χ0v) is 13.1. The van der Waals surface area contributed by atoms with Crippen LogP contribution >= 0.6 is 11.3 Å². The molecule has 1 fully saturated rings. The first-order valence-electron chi connectivity index (χ1n) is 7.78. The second kappa shape index (κ2) is 5.85. The average Bonchev–Trinajstić information content (AvgIpc) is 3.03. The van der Waals surface area contributed by atoms with Crippen molar-refractivity contribution in [2.24, 2.45) is 5.92 Å². The molecule has 0 bridgehead atoms. The van der Waals surface area contributed by atoms with Crippen LogP contribution < -0.4 is 5.32 Å². The summed E-state index contributed by atoms with van der Waals surface area (Å²) < 4.78 is 7.88. The summed E-state index contributed by atoms with van der Waals surface area (Å²) in [5, 5.41) is 11.4. The fraction of sp³-hybridized carbons (Fsp3) is 0.500. The number of hydrogen-bond donors (Lipinski definition) is 1. The predicted molar refractivity (Wildman–Crippen MR) is 84.0 cm³/mol. The van der Waals surface area contributed by atoms with Gasteiger partial charge in [-0.3, -0.25) is 9.48 Å². The SMILES string of the molecule is O=C(NC[C@H]1OCCc2cn(CC3CC3)nc21)c1ccsc1. The van der Waals surface area contributed by atoms with Crippen molar-refractivity contribution in [3.63, 3.8) is 0 Å². The first-order valence-corrected chi connectivity index (χ1v) is 8.72. The van der Waals surface area contributed by atoms with Crippen molar-refractivity contribution < 1.29 is 9.53 Å². The lowest BCUT2D eigenvalue weighted by Gasteiger charge is -2.22. The summed E-state index contributed by atoms with van der Waals surface area (Å²) in [5.74, 6) is 0.758. The third-order valence-corrected chi connectivity index (χ3v) is 4.92. The molecule has 1 N–H and O–H groups in total. The highest BCUT2D eigenvalue weighted by atomic mass is 32.1. The van der Waals surface area contributed by atoms with E-state index in [-0.39, 0.29) is 12.0 Å². The third kappa shape index (κ3) is 2.94. The standard InChI is InChI=1S/C16H19N3O2S/c20-16(13-4-6-22-10-13)17-7-14-15-12(3-5-21-14)9-19(18-15)8-11-1-2-11/h4,6,9-11,14H,1-3,5,7-8H2,(H,17,20)/t14-/m1/s1. The maximum absolute atomic E-state index is 12.0. The normalized spacial score (nSPS) is 20.6. The zero-order valence-electron chi connectivity index (χ0n) is 12.3. The van der Waals surface area contributed by atoms with Crippen molar-refractivity contribution in [1.29, 1.82) is 0 Å². The highest BCUT2D eigenvalue weighted by Gasteiger charge is 2.27. The van der Waals surface area contributed by atoms with Crippen LogP contribution in [0.2, 0.25) is 0 Å². The second-order valence-electron chi connectivity index (χ2n) is 6.04. The highest BCUT2D eigenvalue weighted by Crippen LogP contribution is 2.32. The van der Waals surface area contributed by atoms with Gasteiger partial charge in [0.2, 0.25) is 0 Å². The smallest absolute Gasteiger partial charge is 0.252 e. The van der Waals surface area contributed by atoms with Crippen molar-refractivity contribution in [3.8, 4) is 0 Å². The van der Waals surface area contributed by atoms with Crippen LogP contribution in [0.3, 0.4) is 0 Å². The van der Waals surface area contributed by atoms with Crippen LogP contribution in [0.4, 0.5) is 0 Å². The lowest BCUT2D eigenvalue weighted by Crippen LogP contribution is -2.31. The number of carbonyl (C=O) groups is 1. The number of ether oxygens (including phenoxy) is 1. The molecule has 1 amide bonds. The molecule has 4 rings (SSSR count).